The summed E-state index contributed by atoms with van der Waals surface area (Å²) in [6, 6.07) is 5.72. The van der Waals surface area contributed by atoms with Gasteiger partial charge in [0.2, 0.25) is 0 Å². The van der Waals surface area contributed by atoms with Crippen LogP contribution >= 0.6 is 0 Å². The summed E-state index contributed by atoms with van der Waals surface area (Å²) in [5.74, 6) is -1.89. The quantitative estimate of drug-likeness (QED) is 0.656. The van der Waals surface area contributed by atoms with Crippen LogP contribution in [0.15, 0.2) is 18.2 Å². The predicted molar refractivity (Wildman–Crippen MR) is 67.4 cm³/mol. The molecule has 1 aromatic rings. The van der Waals surface area contributed by atoms with Gasteiger partial charge < -0.3 is 9.84 Å². The van der Waals surface area contributed by atoms with Crippen LogP contribution in [-0.4, -0.2) is 24.2 Å². The number of methoxy groups -OCH3 is 1. The van der Waals surface area contributed by atoms with Crippen LogP contribution in [0.3, 0.4) is 0 Å². The summed E-state index contributed by atoms with van der Waals surface area (Å²) in [6.07, 6.45) is 0.132. The minimum atomic E-state index is -1.55. The lowest BCUT2D eigenvalue weighted by atomic mass is 9.81. The first kappa shape index (κ1) is 14.2. The number of carboxylic acids is 1. The van der Waals surface area contributed by atoms with E-state index in [1.54, 1.807) is 0 Å². The highest BCUT2D eigenvalue weighted by Crippen LogP contribution is 2.28. The van der Waals surface area contributed by atoms with Crippen LogP contribution in [0.5, 0.6) is 0 Å². The number of aliphatic carboxylic acids is 1. The maximum absolute atomic E-state index is 11.7. The lowest BCUT2D eigenvalue weighted by Gasteiger charge is -2.23. The molecule has 0 aliphatic rings. The number of ether oxygens (including phenoxy) is 1. The molecule has 0 aliphatic heterocycles. The molecular formula is C14H18O4. The molecule has 18 heavy (non-hydrogen) atoms. The minimum absolute atomic E-state index is 0.132. The maximum Gasteiger partial charge on any atom is 0.323 e. The summed E-state index contributed by atoms with van der Waals surface area (Å²) in [4.78, 5) is 23.0. The average Bonchev–Trinajstić information content (AvgIpc) is 2.32. The number of hydrogen-bond acceptors (Lipinski definition) is 3. The van der Waals surface area contributed by atoms with Crippen molar-refractivity contribution in [3.8, 4) is 0 Å². The largest absolute Gasteiger partial charge is 0.480 e. The first-order valence-corrected chi connectivity index (χ1v) is 5.70. The van der Waals surface area contributed by atoms with E-state index in [0.29, 0.717) is 0 Å². The second-order valence-corrected chi connectivity index (χ2v) is 4.68. The van der Waals surface area contributed by atoms with Crippen molar-refractivity contribution in [2.24, 2.45) is 5.41 Å². The third-order valence-electron chi connectivity index (χ3n) is 3.28. The second-order valence-electron chi connectivity index (χ2n) is 4.68. The van der Waals surface area contributed by atoms with Gasteiger partial charge in [0.05, 0.1) is 7.11 Å². The second kappa shape index (κ2) is 5.21. The van der Waals surface area contributed by atoms with Crippen LogP contribution in [-0.2, 0) is 20.7 Å². The van der Waals surface area contributed by atoms with E-state index in [4.69, 9.17) is 0 Å². The number of benzene rings is 1. The number of aryl methyl sites for hydroxylation is 2. The molecular weight excluding hydrogens is 232 g/mol. The van der Waals surface area contributed by atoms with Crippen molar-refractivity contribution in [2.45, 2.75) is 27.2 Å². The van der Waals surface area contributed by atoms with E-state index in [1.165, 1.54) is 14.0 Å². The Morgan fingerprint density at radius 1 is 1.28 bits per heavy atom. The molecule has 0 heterocycles. The Balaban J connectivity index is 3.20. The molecule has 1 aromatic carbocycles. The van der Waals surface area contributed by atoms with Gasteiger partial charge in [-0.05, 0) is 43.9 Å². The number of carboxylic acid groups (broad SMARTS) is 1. The van der Waals surface area contributed by atoms with Crippen LogP contribution in [0.2, 0.25) is 0 Å². The van der Waals surface area contributed by atoms with Gasteiger partial charge in [0.1, 0.15) is 0 Å². The molecule has 0 aliphatic carbocycles. The highest BCUT2D eigenvalue weighted by atomic mass is 16.5. The minimum Gasteiger partial charge on any atom is -0.480 e. The fraction of sp³-hybridized carbons (Fsp3) is 0.429. The van der Waals surface area contributed by atoms with Crippen LogP contribution in [0.1, 0.15) is 23.6 Å². The molecule has 1 N–H and O–H groups in total. The fourth-order valence-electron chi connectivity index (χ4n) is 1.94. The summed E-state index contributed by atoms with van der Waals surface area (Å²) in [5.41, 5.74) is 1.29. The van der Waals surface area contributed by atoms with E-state index in [0.717, 1.165) is 16.7 Å². The number of hydrogen-bond donors (Lipinski definition) is 1. The first-order valence-electron chi connectivity index (χ1n) is 5.70. The summed E-state index contributed by atoms with van der Waals surface area (Å²) < 4.78 is 4.61. The molecule has 0 bridgehead atoms. The van der Waals surface area contributed by atoms with E-state index in [1.807, 2.05) is 32.0 Å². The van der Waals surface area contributed by atoms with Gasteiger partial charge in [0, 0.05) is 0 Å². The van der Waals surface area contributed by atoms with E-state index < -0.39 is 17.4 Å². The van der Waals surface area contributed by atoms with Gasteiger partial charge in [-0.25, -0.2) is 0 Å². The van der Waals surface area contributed by atoms with Crippen molar-refractivity contribution < 1.29 is 19.4 Å². The molecule has 0 saturated heterocycles. The van der Waals surface area contributed by atoms with Gasteiger partial charge in [0.15, 0.2) is 5.41 Å². The van der Waals surface area contributed by atoms with E-state index in [2.05, 4.69) is 4.74 Å². The molecule has 0 amide bonds. The Morgan fingerprint density at radius 2 is 1.78 bits per heavy atom. The molecule has 1 unspecified atom stereocenters. The summed E-state index contributed by atoms with van der Waals surface area (Å²) >= 11 is 0. The first-order chi connectivity index (χ1) is 8.32. The van der Waals surface area contributed by atoms with Gasteiger partial charge in [-0.15, -0.1) is 0 Å². The molecule has 0 saturated carbocycles. The summed E-state index contributed by atoms with van der Waals surface area (Å²) in [6.45, 7) is 5.21. The van der Waals surface area contributed by atoms with Crippen molar-refractivity contribution in [1.29, 1.82) is 0 Å². The topological polar surface area (TPSA) is 63.6 Å². The average molecular weight is 250 g/mol. The van der Waals surface area contributed by atoms with Gasteiger partial charge in [0.25, 0.3) is 0 Å². The van der Waals surface area contributed by atoms with Crippen molar-refractivity contribution in [3.63, 3.8) is 0 Å². The molecule has 0 aromatic heterocycles. The molecule has 0 spiro atoms. The number of carbonyl (C=O) groups excluding carboxylic acids is 1. The zero-order valence-electron chi connectivity index (χ0n) is 11.1. The number of esters is 1. The van der Waals surface area contributed by atoms with Gasteiger partial charge in [-0.2, -0.15) is 0 Å². The highest BCUT2D eigenvalue weighted by Gasteiger charge is 2.43. The van der Waals surface area contributed by atoms with Crippen LogP contribution in [0, 0.1) is 19.3 Å². The lowest BCUT2D eigenvalue weighted by Crippen LogP contribution is -2.39. The normalized spacial score (nSPS) is 13.8. The molecule has 0 fully saturated rings. The molecule has 98 valence electrons. The number of carbonyl (C=O) groups is 2. The SMILES string of the molecule is COC(=O)C(C)(Cc1c(C)cccc1C)C(=O)O. The van der Waals surface area contributed by atoms with E-state index in [9.17, 15) is 14.7 Å². The third-order valence-corrected chi connectivity index (χ3v) is 3.28. The Hall–Kier alpha value is -1.84. The highest BCUT2D eigenvalue weighted by molar-refractivity contribution is 5.99. The van der Waals surface area contributed by atoms with Crippen molar-refractivity contribution >= 4 is 11.9 Å². The van der Waals surface area contributed by atoms with Gasteiger partial charge in [-0.3, -0.25) is 9.59 Å². The predicted octanol–water partition coefficient (Wildman–Crippen LogP) is 2.11. The zero-order chi connectivity index (χ0) is 13.9. The van der Waals surface area contributed by atoms with E-state index in [-0.39, 0.29) is 6.42 Å². The van der Waals surface area contributed by atoms with Crippen LogP contribution in [0.4, 0.5) is 0 Å². The molecule has 4 heteroatoms. The number of rotatable bonds is 4. The Kier molecular flexibility index (Phi) is 4.11. The Labute approximate surface area is 107 Å². The Bertz CT molecular complexity index is 458. The molecule has 0 radical (unpaired) electrons. The van der Waals surface area contributed by atoms with Crippen molar-refractivity contribution in [1.82, 2.24) is 0 Å². The summed E-state index contributed by atoms with van der Waals surface area (Å²) in [7, 11) is 1.20. The monoisotopic (exact) mass is 250 g/mol. The third kappa shape index (κ3) is 2.53. The zero-order valence-corrected chi connectivity index (χ0v) is 11.1. The fourth-order valence-corrected chi connectivity index (χ4v) is 1.94. The molecule has 1 atom stereocenters. The van der Waals surface area contributed by atoms with Crippen LogP contribution in [0.25, 0.3) is 0 Å². The van der Waals surface area contributed by atoms with Crippen molar-refractivity contribution in [2.75, 3.05) is 7.11 Å². The maximum atomic E-state index is 11.7. The summed E-state index contributed by atoms with van der Waals surface area (Å²) in [5, 5.41) is 9.28. The van der Waals surface area contributed by atoms with E-state index >= 15 is 0 Å². The van der Waals surface area contributed by atoms with Gasteiger partial charge in [-0.1, -0.05) is 18.2 Å². The van der Waals surface area contributed by atoms with Gasteiger partial charge >= 0.3 is 11.9 Å². The molecule has 1 rings (SSSR count). The Morgan fingerprint density at radius 3 is 2.17 bits per heavy atom. The lowest BCUT2D eigenvalue weighted by molar-refractivity contribution is -0.165. The smallest absolute Gasteiger partial charge is 0.323 e. The van der Waals surface area contributed by atoms with Crippen molar-refractivity contribution in [3.05, 3.63) is 34.9 Å². The standard InChI is InChI=1S/C14H18O4/c1-9-6-5-7-10(2)11(9)8-14(3,12(15)16)13(17)18-4/h5-7H,8H2,1-4H3,(H,15,16). The van der Waals surface area contributed by atoms with Crippen LogP contribution < -0.4 is 0 Å². The molecule has 4 nitrogen and oxygen atoms in total.